The standard InChI is InChI=1S/C4H9N5.2C3H6O/c1-2-3(5)8-9-4(6)7;2*1-3(2)4/h2H,1H2,(H2,5,8)(H4,6,7,9);2*1-2H3. The minimum Gasteiger partial charge on any atom is -0.382 e. The van der Waals surface area contributed by atoms with Gasteiger partial charge in [-0.2, -0.15) is 5.10 Å². The predicted octanol–water partition coefficient (Wildman–Crippen LogP) is 0.118. The number of Topliss-reactive ketones (excluding diaryl/α,β-unsaturated/α-hetero) is 2. The van der Waals surface area contributed by atoms with E-state index in [4.69, 9.17) is 16.9 Å². The number of nitrogens with two attached hydrogens (primary N) is 2. The number of rotatable bonds is 2. The number of ketones is 2. The fraction of sp³-hybridized carbons (Fsp3) is 0.400. The first-order chi connectivity index (χ1) is 7.63. The number of carbonyl (C=O) groups excluding carboxylic acids is 2. The van der Waals surface area contributed by atoms with Gasteiger partial charge in [-0.1, -0.05) is 6.58 Å². The van der Waals surface area contributed by atoms with Gasteiger partial charge in [0.15, 0.2) is 0 Å². The third-order valence-electron chi connectivity index (χ3n) is 0.515. The number of carbonyl (C=O) groups is 2. The van der Waals surface area contributed by atoms with Crippen LogP contribution in [0.25, 0.3) is 0 Å². The number of hydrogen-bond donors (Lipinski definition) is 4. The molecule has 0 spiro atoms. The Balaban J connectivity index is -0.000000205. The zero-order chi connectivity index (χ0) is 14.4. The second-order valence-electron chi connectivity index (χ2n) is 3.08. The van der Waals surface area contributed by atoms with Crippen molar-refractivity contribution in [3.8, 4) is 0 Å². The van der Waals surface area contributed by atoms with Crippen LogP contribution in [0.1, 0.15) is 27.7 Å². The monoisotopic (exact) mass is 243 g/mol. The van der Waals surface area contributed by atoms with Crippen molar-refractivity contribution < 1.29 is 9.59 Å². The minimum atomic E-state index is -0.250. The largest absolute Gasteiger partial charge is 0.382 e. The fourth-order valence-corrected chi connectivity index (χ4v) is 0.170. The molecule has 0 saturated carbocycles. The summed E-state index contributed by atoms with van der Waals surface area (Å²) in [6.45, 7) is 9.44. The number of hydrazone groups is 1. The van der Waals surface area contributed by atoms with E-state index in [0.717, 1.165) is 0 Å². The third kappa shape index (κ3) is 83.1. The molecule has 0 aliphatic heterocycles. The Morgan fingerprint density at radius 1 is 1.18 bits per heavy atom. The Bertz CT molecular complexity index is 277. The molecule has 98 valence electrons. The van der Waals surface area contributed by atoms with Gasteiger partial charge in [0.25, 0.3) is 0 Å². The van der Waals surface area contributed by atoms with Gasteiger partial charge in [0.05, 0.1) is 0 Å². The zero-order valence-electron chi connectivity index (χ0n) is 10.7. The van der Waals surface area contributed by atoms with Crippen molar-refractivity contribution in [2.24, 2.45) is 16.6 Å². The van der Waals surface area contributed by atoms with Gasteiger partial charge in [0, 0.05) is 0 Å². The number of hydrogen-bond acceptors (Lipinski definition) is 4. The van der Waals surface area contributed by atoms with Gasteiger partial charge in [-0.25, -0.2) is 5.43 Å². The topological polar surface area (TPSA) is 134 Å². The lowest BCUT2D eigenvalue weighted by atomic mass is 10.6. The molecule has 0 aliphatic rings. The summed E-state index contributed by atoms with van der Waals surface area (Å²) in [7, 11) is 0. The lowest BCUT2D eigenvalue weighted by molar-refractivity contribution is -0.115. The number of guanidine groups is 1. The average molecular weight is 243 g/mol. The Labute approximate surface area is 101 Å². The molecule has 0 saturated heterocycles. The Hall–Kier alpha value is -2.18. The third-order valence-corrected chi connectivity index (χ3v) is 0.515. The van der Waals surface area contributed by atoms with Crippen molar-refractivity contribution in [1.29, 1.82) is 5.41 Å². The summed E-state index contributed by atoms with van der Waals surface area (Å²) in [5, 5.41) is 10.1. The van der Waals surface area contributed by atoms with E-state index >= 15 is 0 Å². The van der Waals surface area contributed by atoms with E-state index in [9.17, 15) is 9.59 Å². The van der Waals surface area contributed by atoms with Crippen LogP contribution in [0.3, 0.4) is 0 Å². The molecule has 0 fully saturated rings. The van der Waals surface area contributed by atoms with Crippen LogP contribution in [0.2, 0.25) is 0 Å². The van der Waals surface area contributed by atoms with Crippen molar-refractivity contribution in [3.63, 3.8) is 0 Å². The highest BCUT2D eigenvalue weighted by Gasteiger charge is 1.81. The van der Waals surface area contributed by atoms with E-state index in [1.807, 2.05) is 0 Å². The Morgan fingerprint density at radius 2 is 1.47 bits per heavy atom. The van der Waals surface area contributed by atoms with Crippen molar-refractivity contribution >= 4 is 23.4 Å². The molecule has 7 heteroatoms. The molecule has 0 radical (unpaired) electrons. The van der Waals surface area contributed by atoms with Gasteiger partial charge in [-0.05, 0) is 33.8 Å². The molecular formula is C10H21N5O2. The maximum absolute atomic E-state index is 9.44. The molecule has 0 heterocycles. The zero-order valence-corrected chi connectivity index (χ0v) is 10.7. The molecule has 0 aromatic rings. The molecule has 0 rings (SSSR count). The van der Waals surface area contributed by atoms with E-state index in [-0.39, 0.29) is 23.4 Å². The van der Waals surface area contributed by atoms with Crippen molar-refractivity contribution in [2.45, 2.75) is 27.7 Å². The van der Waals surface area contributed by atoms with Crippen molar-refractivity contribution in [2.75, 3.05) is 0 Å². The lowest BCUT2D eigenvalue weighted by Gasteiger charge is -1.93. The Morgan fingerprint density at radius 3 is 1.65 bits per heavy atom. The molecule has 0 unspecified atom stereocenters. The SMILES string of the molecule is C=CC(N)=NNC(=N)N.CC(C)=O.CC(C)=O. The molecule has 0 atom stereocenters. The maximum atomic E-state index is 9.44. The highest BCUT2D eigenvalue weighted by molar-refractivity contribution is 5.91. The number of nitrogens with zero attached hydrogens (tertiary/aromatic N) is 1. The molecule has 0 bridgehead atoms. The second-order valence-corrected chi connectivity index (χ2v) is 3.08. The molecular weight excluding hydrogens is 222 g/mol. The van der Waals surface area contributed by atoms with Gasteiger partial charge >= 0.3 is 0 Å². The number of amidine groups is 1. The first-order valence-electron chi connectivity index (χ1n) is 4.63. The van der Waals surface area contributed by atoms with Crippen LogP contribution < -0.4 is 16.9 Å². The van der Waals surface area contributed by atoms with Crippen LogP contribution in [-0.2, 0) is 9.59 Å². The van der Waals surface area contributed by atoms with E-state index in [2.05, 4.69) is 17.1 Å². The van der Waals surface area contributed by atoms with Crippen LogP contribution >= 0.6 is 0 Å². The normalized spacial score (nSPS) is 8.59. The van der Waals surface area contributed by atoms with Crippen LogP contribution in [-0.4, -0.2) is 23.4 Å². The number of nitrogens with one attached hydrogen (secondary N) is 2. The van der Waals surface area contributed by atoms with E-state index in [1.54, 1.807) is 0 Å². The summed E-state index contributed by atoms with van der Waals surface area (Å²) in [6, 6.07) is 0. The van der Waals surface area contributed by atoms with Crippen LogP contribution in [0.4, 0.5) is 0 Å². The quantitative estimate of drug-likeness (QED) is 0.310. The minimum absolute atomic E-state index is 0.167. The van der Waals surface area contributed by atoms with Crippen molar-refractivity contribution in [3.05, 3.63) is 12.7 Å². The van der Waals surface area contributed by atoms with Crippen LogP contribution in [0, 0.1) is 5.41 Å². The van der Waals surface area contributed by atoms with Gasteiger partial charge < -0.3 is 21.1 Å². The fourth-order valence-electron chi connectivity index (χ4n) is 0.170. The Kier molecular flexibility index (Phi) is 16.5. The van der Waals surface area contributed by atoms with Gasteiger partial charge in [0.1, 0.15) is 17.4 Å². The highest BCUT2D eigenvalue weighted by atomic mass is 16.1. The molecule has 0 aliphatic carbocycles. The van der Waals surface area contributed by atoms with Crippen LogP contribution in [0.15, 0.2) is 17.8 Å². The van der Waals surface area contributed by atoms with Crippen molar-refractivity contribution in [1.82, 2.24) is 5.43 Å². The lowest BCUT2D eigenvalue weighted by Crippen LogP contribution is -2.28. The molecule has 6 N–H and O–H groups in total. The molecule has 0 aromatic heterocycles. The first-order valence-corrected chi connectivity index (χ1v) is 4.63. The maximum Gasteiger partial charge on any atom is 0.206 e. The summed E-state index contributed by atoms with van der Waals surface area (Å²) in [5.41, 5.74) is 12.2. The molecule has 17 heavy (non-hydrogen) atoms. The van der Waals surface area contributed by atoms with Gasteiger partial charge in [-0.3, -0.25) is 5.41 Å². The smallest absolute Gasteiger partial charge is 0.206 e. The average Bonchev–Trinajstić information content (AvgIpc) is 2.12. The summed E-state index contributed by atoms with van der Waals surface area (Å²) in [5.74, 6) is 0.282. The summed E-state index contributed by atoms with van der Waals surface area (Å²) < 4.78 is 0. The summed E-state index contributed by atoms with van der Waals surface area (Å²) in [4.78, 5) is 18.9. The van der Waals surface area contributed by atoms with E-state index in [0.29, 0.717) is 0 Å². The summed E-state index contributed by atoms with van der Waals surface area (Å²) in [6.07, 6.45) is 1.34. The predicted molar refractivity (Wildman–Crippen MR) is 69.6 cm³/mol. The summed E-state index contributed by atoms with van der Waals surface area (Å²) >= 11 is 0. The van der Waals surface area contributed by atoms with Crippen LogP contribution in [0.5, 0.6) is 0 Å². The molecule has 0 aromatic carbocycles. The highest BCUT2D eigenvalue weighted by Crippen LogP contribution is 1.63. The van der Waals surface area contributed by atoms with Gasteiger partial charge in [-0.15, -0.1) is 0 Å². The molecule has 7 nitrogen and oxygen atoms in total. The van der Waals surface area contributed by atoms with Gasteiger partial charge in [0.2, 0.25) is 5.96 Å². The second kappa shape index (κ2) is 13.8. The molecule has 0 amide bonds. The van der Waals surface area contributed by atoms with E-state index in [1.165, 1.54) is 33.8 Å². The first kappa shape index (κ1) is 20.3. The van der Waals surface area contributed by atoms with E-state index < -0.39 is 0 Å².